The maximum absolute atomic E-state index is 12.4. The Kier molecular flexibility index (Phi) is 6.76. The van der Waals surface area contributed by atoms with Gasteiger partial charge >= 0.3 is 0 Å². The highest BCUT2D eigenvalue weighted by molar-refractivity contribution is 7.89. The third-order valence-corrected chi connectivity index (χ3v) is 7.62. The Balaban J connectivity index is 1.55. The molecule has 10 heteroatoms. The van der Waals surface area contributed by atoms with E-state index < -0.39 is 15.3 Å². The van der Waals surface area contributed by atoms with Crippen LogP contribution in [0.1, 0.15) is 31.3 Å². The van der Waals surface area contributed by atoms with E-state index in [1.165, 1.54) is 15.6 Å². The van der Waals surface area contributed by atoms with Gasteiger partial charge in [-0.3, -0.25) is 10.1 Å². The molecule has 0 saturated carbocycles. The number of rotatable bonds is 8. The number of carbonyl (C=O) groups is 1. The quantitative estimate of drug-likeness (QED) is 0.679. The van der Waals surface area contributed by atoms with Gasteiger partial charge in [-0.25, -0.2) is 13.4 Å². The lowest BCUT2D eigenvalue weighted by molar-refractivity contribution is -0.118. The van der Waals surface area contributed by atoms with Gasteiger partial charge in [0.15, 0.2) is 11.7 Å². The second-order valence-corrected chi connectivity index (χ2v) is 10.4. The van der Waals surface area contributed by atoms with E-state index in [9.17, 15) is 13.2 Å². The first-order valence-corrected chi connectivity index (χ1v) is 11.7. The highest BCUT2D eigenvalue weighted by atomic mass is 32.2. The molecule has 1 aliphatic rings. The molecule has 29 heavy (non-hydrogen) atoms. The van der Waals surface area contributed by atoms with Crippen molar-refractivity contribution >= 4 is 32.4 Å². The van der Waals surface area contributed by atoms with E-state index in [0.29, 0.717) is 37.0 Å². The molecule has 158 valence electrons. The van der Waals surface area contributed by atoms with E-state index >= 15 is 0 Å². The smallest absolute Gasteiger partial charge is 0.264 e. The summed E-state index contributed by atoms with van der Waals surface area (Å²) in [5.41, 5.74) is 0.841. The van der Waals surface area contributed by atoms with Crippen LogP contribution in [-0.2, 0) is 27.8 Å². The van der Waals surface area contributed by atoms with Gasteiger partial charge in [-0.1, -0.05) is 0 Å². The van der Waals surface area contributed by atoms with Crippen LogP contribution in [0, 0.1) is 0 Å². The highest BCUT2D eigenvalue weighted by Gasteiger charge is 2.31. The maximum Gasteiger partial charge on any atom is 0.264 e. The SMILES string of the molecule is CCOc1ccc(OCC(=O)Nc2nc3c(s2)CN(S(=O)(=O)C(C)C)CC3)cc1. The number of aromatic nitrogens is 1. The summed E-state index contributed by atoms with van der Waals surface area (Å²) < 4.78 is 37.1. The lowest BCUT2D eigenvalue weighted by Gasteiger charge is -2.26. The average molecular weight is 440 g/mol. The summed E-state index contributed by atoms with van der Waals surface area (Å²) in [6.45, 7) is 6.40. The summed E-state index contributed by atoms with van der Waals surface area (Å²) in [5, 5.41) is 2.72. The van der Waals surface area contributed by atoms with Crippen LogP contribution in [0.25, 0.3) is 0 Å². The summed E-state index contributed by atoms with van der Waals surface area (Å²) in [7, 11) is -3.31. The van der Waals surface area contributed by atoms with E-state index in [1.54, 1.807) is 38.1 Å². The number of nitrogens with one attached hydrogen (secondary N) is 1. The van der Waals surface area contributed by atoms with Crippen LogP contribution in [0.15, 0.2) is 24.3 Å². The van der Waals surface area contributed by atoms with E-state index in [-0.39, 0.29) is 12.5 Å². The summed E-state index contributed by atoms with van der Waals surface area (Å²) in [4.78, 5) is 17.5. The van der Waals surface area contributed by atoms with E-state index in [0.717, 1.165) is 16.3 Å². The van der Waals surface area contributed by atoms with Crippen molar-refractivity contribution in [1.82, 2.24) is 9.29 Å². The Morgan fingerprint density at radius 3 is 2.52 bits per heavy atom. The van der Waals surface area contributed by atoms with Crippen LogP contribution in [0.5, 0.6) is 11.5 Å². The third kappa shape index (κ3) is 5.26. The molecule has 0 saturated heterocycles. The zero-order valence-corrected chi connectivity index (χ0v) is 18.3. The van der Waals surface area contributed by atoms with Gasteiger partial charge in [-0.05, 0) is 45.0 Å². The molecule has 0 atom stereocenters. The topological polar surface area (TPSA) is 97.8 Å². The summed E-state index contributed by atoms with van der Waals surface area (Å²) in [6, 6.07) is 7.04. The molecule has 8 nitrogen and oxygen atoms in total. The van der Waals surface area contributed by atoms with E-state index in [4.69, 9.17) is 9.47 Å². The predicted molar refractivity (Wildman–Crippen MR) is 112 cm³/mol. The van der Waals surface area contributed by atoms with Gasteiger partial charge in [0.25, 0.3) is 5.91 Å². The van der Waals surface area contributed by atoms with Crippen LogP contribution in [0.2, 0.25) is 0 Å². The number of amides is 1. The largest absolute Gasteiger partial charge is 0.494 e. The van der Waals surface area contributed by atoms with Gasteiger partial charge in [0.2, 0.25) is 10.0 Å². The fourth-order valence-corrected chi connectivity index (χ4v) is 5.22. The maximum atomic E-state index is 12.4. The van der Waals surface area contributed by atoms with E-state index in [1.807, 2.05) is 6.92 Å². The van der Waals surface area contributed by atoms with Crippen LogP contribution in [0.4, 0.5) is 5.13 Å². The van der Waals surface area contributed by atoms with Gasteiger partial charge in [0.1, 0.15) is 11.5 Å². The molecule has 0 bridgehead atoms. The zero-order valence-electron chi connectivity index (χ0n) is 16.7. The molecular weight excluding hydrogens is 414 g/mol. The van der Waals surface area contributed by atoms with Crippen molar-refractivity contribution in [3.8, 4) is 11.5 Å². The van der Waals surface area contributed by atoms with Crippen molar-refractivity contribution in [1.29, 1.82) is 0 Å². The van der Waals surface area contributed by atoms with Crippen molar-refractivity contribution in [2.24, 2.45) is 0 Å². The van der Waals surface area contributed by atoms with Crippen molar-refractivity contribution in [2.75, 3.05) is 25.1 Å². The molecule has 0 unspecified atom stereocenters. The fourth-order valence-electron chi connectivity index (χ4n) is 2.84. The highest BCUT2D eigenvalue weighted by Crippen LogP contribution is 2.30. The van der Waals surface area contributed by atoms with Crippen LogP contribution >= 0.6 is 11.3 Å². The summed E-state index contributed by atoms with van der Waals surface area (Å²) in [5.74, 6) is 0.986. The molecule has 0 aliphatic carbocycles. The first kappa shape index (κ1) is 21.5. The van der Waals surface area contributed by atoms with Crippen molar-refractivity contribution in [2.45, 2.75) is 39.0 Å². The minimum Gasteiger partial charge on any atom is -0.494 e. The lowest BCUT2D eigenvalue weighted by atomic mass is 10.2. The summed E-state index contributed by atoms with van der Waals surface area (Å²) >= 11 is 1.30. The second-order valence-electron chi connectivity index (χ2n) is 6.81. The minimum absolute atomic E-state index is 0.147. The monoisotopic (exact) mass is 439 g/mol. The van der Waals surface area contributed by atoms with Crippen molar-refractivity contribution in [3.05, 3.63) is 34.8 Å². The number of nitrogens with zero attached hydrogens (tertiary/aromatic N) is 2. The molecule has 1 N–H and O–H groups in total. The Bertz CT molecular complexity index is 955. The van der Waals surface area contributed by atoms with Gasteiger partial charge in [-0.2, -0.15) is 4.31 Å². The zero-order chi connectivity index (χ0) is 21.0. The third-order valence-electron chi connectivity index (χ3n) is 4.40. The summed E-state index contributed by atoms with van der Waals surface area (Å²) in [6.07, 6.45) is 0.538. The Hall–Kier alpha value is -2.17. The Morgan fingerprint density at radius 2 is 1.90 bits per heavy atom. The molecule has 3 rings (SSSR count). The van der Waals surface area contributed by atoms with Gasteiger partial charge in [-0.15, -0.1) is 11.3 Å². The molecule has 1 amide bonds. The number of hydrogen-bond acceptors (Lipinski definition) is 7. The molecule has 2 heterocycles. The van der Waals surface area contributed by atoms with Crippen molar-refractivity contribution in [3.63, 3.8) is 0 Å². The first-order chi connectivity index (χ1) is 13.8. The molecule has 0 fully saturated rings. The van der Waals surface area contributed by atoms with Crippen LogP contribution < -0.4 is 14.8 Å². The van der Waals surface area contributed by atoms with E-state index in [2.05, 4.69) is 10.3 Å². The van der Waals surface area contributed by atoms with Crippen LogP contribution in [0.3, 0.4) is 0 Å². The molecular formula is C19H25N3O5S2. The predicted octanol–water partition coefficient (Wildman–Crippen LogP) is 2.66. The number of sulfonamides is 1. The number of hydrogen-bond donors (Lipinski definition) is 1. The lowest BCUT2D eigenvalue weighted by Crippen LogP contribution is -2.39. The number of ether oxygens (including phenoxy) is 2. The molecule has 0 spiro atoms. The Morgan fingerprint density at radius 1 is 1.24 bits per heavy atom. The molecule has 1 aliphatic heterocycles. The number of anilines is 1. The standard InChI is InChI=1S/C19H25N3O5S2/c1-4-26-14-5-7-15(8-6-14)27-12-18(23)21-19-20-16-9-10-22(11-17(16)28-19)29(24,25)13(2)3/h5-8,13H,4,9-12H2,1-3H3,(H,20,21,23). The molecule has 0 radical (unpaired) electrons. The normalized spacial score (nSPS) is 14.5. The number of carbonyl (C=O) groups excluding carboxylic acids is 1. The Labute approximate surface area is 174 Å². The first-order valence-electron chi connectivity index (χ1n) is 9.42. The van der Waals surface area contributed by atoms with Gasteiger partial charge < -0.3 is 9.47 Å². The molecule has 1 aromatic heterocycles. The average Bonchev–Trinajstić information content (AvgIpc) is 3.08. The molecule has 1 aromatic carbocycles. The van der Waals surface area contributed by atoms with Crippen LogP contribution in [-0.4, -0.2) is 48.6 Å². The van der Waals surface area contributed by atoms with Gasteiger partial charge in [0.05, 0.1) is 17.6 Å². The number of benzene rings is 1. The van der Waals surface area contributed by atoms with Gasteiger partial charge in [0, 0.05) is 24.4 Å². The fraction of sp³-hybridized carbons (Fsp3) is 0.474. The minimum atomic E-state index is -3.31. The molecule has 2 aromatic rings. The number of thiazole rings is 1. The van der Waals surface area contributed by atoms with Crippen molar-refractivity contribution < 1.29 is 22.7 Å². The number of fused-ring (bicyclic) bond motifs is 1. The second kappa shape index (κ2) is 9.10.